The van der Waals surface area contributed by atoms with Gasteiger partial charge in [-0.1, -0.05) is 45.0 Å². The number of methoxy groups -OCH3 is 1. The highest BCUT2D eigenvalue weighted by Crippen LogP contribution is 2.39. The van der Waals surface area contributed by atoms with Crippen molar-refractivity contribution in [2.45, 2.75) is 40.2 Å². The number of hydrogen-bond donors (Lipinski definition) is 1. The summed E-state index contributed by atoms with van der Waals surface area (Å²) in [5.41, 5.74) is 3.34. The van der Waals surface area contributed by atoms with E-state index in [1.54, 1.807) is 25.3 Å². The molecule has 0 aromatic heterocycles. The minimum atomic E-state index is -0.689. The molecule has 3 rings (SSSR count). The van der Waals surface area contributed by atoms with E-state index in [9.17, 15) is 14.7 Å². The van der Waals surface area contributed by atoms with Crippen molar-refractivity contribution in [3.8, 4) is 5.75 Å². The first-order chi connectivity index (χ1) is 15.8. The third kappa shape index (κ3) is 5.28. The Bertz CT molecular complexity index is 1040. The average molecular weight is 452 g/mol. The van der Waals surface area contributed by atoms with Gasteiger partial charge in [0, 0.05) is 19.2 Å². The standard InChI is InChI=1S/C27H33NO5/c1-6-19-7-9-20(10-8-19)24-23(26(30)27(31)28(24)13-14-32-5)25(29)21-11-12-22(18(4)15-21)33-16-17(2)3/h7-12,15,17,24,29H,6,13-14,16H2,1-5H3/t24-/m1/s1. The predicted octanol–water partition coefficient (Wildman–Crippen LogP) is 4.66. The summed E-state index contributed by atoms with van der Waals surface area (Å²) in [6, 6.07) is 12.4. The Labute approximate surface area is 195 Å². The Hall–Kier alpha value is -3.12. The molecule has 0 saturated carbocycles. The number of rotatable bonds is 9. The molecule has 1 heterocycles. The fraction of sp³-hybridized carbons (Fsp3) is 0.407. The van der Waals surface area contributed by atoms with Crippen molar-refractivity contribution in [3.63, 3.8) is 0 Å². The highest BCUT2D eigenvalue weighted by Gasteiger charge is 2.45. The van der Waals surface area contributed by atoms with E-state index >= 15 is 0 Å². The van der Waals surface area contributed by atoms with E-state index < -0.39 is 17.7 Å². The molecule has 1 atom stereocenters. The van der Waals surface area contributed by atoms with Crippen LogP contribution in [0.25, 0.3) is 5.76 Å². The second-order valence-corrected chi connectivity index (χ2v) is 8.77. The molecule has 6 heteroatoms. The third-order valence-corrected chi connectivity index (χ3v) is 5.80. The number of likely N-dealkylation sites (tertiary alicyclic amines) is 1. The van der Waals surface area contributed by atoms with Crippen molar-refractivity contribution in [2.24, 2.45) is 5.92 Å². The largest absolute Gasteiger partial charge is 0.507 e. The fourth-order valence-electron chi connectivity index (χ4n) is 3.95. The monoisotopic (exact) mass is 451 g/mol. The van der Waals surface area contributed by atoms with Gasteiger partial charge >= 0.3 is 0 Å². The summed E-state index contributed by atoms with van der Waals surface area (Å²) in [7, 11) is 1.55. The summed E-state index contributed by atoms with van der Waals surface area (Å²) in [6.45, 7) is 9.23. The van der Waals surface area contributed by atoms with Crippen LogP contribution in [-0.2, 0) is 20.7 Å². The molecule has 2 aromatic carbocycles. The minimum Gasteiger partial charge on any atom is -0.507 e. The van der Waals surface area contributed by atoms with Crippen molar-refractivity contribution in [2.75, 3.05) is 26.9 Å². The molecule has 33 heavy (non-hydrogen) atoms. The molecule has 0 radical (unpaired) electrons. The lowest BCUT2D eigenvalue weighted by atomic mass is 9.94. The van der Waals surface area contributed by atoms with Crippen molar-refractivity contribution < 1.29 is 24.2 Å². The van der Waals surface area contributed by atoms with E-state index in [1.807, 2.05) is 31.2 Å². The molecule has 2 aromatic rings. The number of ketones is 1. The van der Waals surface area contributed by atoms with Crippen LogP contribution in [0.5, 0.6) is 5.75 Å². The zero-order chi connectivity index (χ0) is 24.1. The van der Waals surface area contributed by atoms with Gasteiger partial charge in [-0.3, -0.25) is 9.59 Å². The number of hydrogen-bond acceptors (Lipinski definition) is 5. The normalized spacial score (nSPS) is 17.8. The molecule has 0 aliphatic carbocycles. The van der Waals surface area contributed by atoms with Crippen molar-refractivity contribution in [1.82, 2.24) is 4.90 Å². The predicted molar refractivity (Wildman–Crippen MR) is 128 cm³/mol. The minimum absolute atomic E-state index is 0.0931. The summed E-state index contributed by atoms with van der Waals surface area (Å²) in [5.74, 6) is -0.388. The zero-order valence-corrected chi connectivity index (χ0v) is 20.1. The number of Topliss-reactive ketones (excluding diaryl/α,β-unsaturated/α-hetero) is 1. The molecule has 1 N–H and O–H groups in total. The van der Waals surface area contributed by atoms with Gasteiger partial charge in [0.2, 0.25) is 0 Å². The summed E-state index contributed by atoms with van der Waals surface area (Å²) in [5, 5.41) is 11.2. The van der Waals surface area contributed by atoms with Gasteiger partial charge < -0.3 is 19.5 Å². The Morgan fingerprint density at radius 1 is 1.12 bits per heavy atom. The number of carbonyl (C=O) groups is 2. The van der Waals surface area contributed by atoms with Crippen LogP contribution in [0, 0.1) is 12.8 Å². The topological polar surface area (TPSA) is 76.1 Å². The molecule has 176 valence electrons. The molecule has 1 fully saturated rings. The van der Waals surface area contributed by atoms with Crippen LogP contribution in [0.2, 0.25) is 0 Å². The Morgan fingerprint density at radius 3 is 2.39 bits per heavy atom. The van der Waals surface area contributed by atoms with Crippen LogP contribution in [0.3, 0.4) is 0 Å². The maximum absolute atomic E-state index is 13.1. The Kier molecular flexibility index (Phi) is 7.92. The Balaban J connectivity index is 2.06. The molecule has 6 nitrogen and oxygen atoms in total. The molecule has 1 amide bonds. The molecular formula is C27H33NO5. The number of ether oxygens (including phenoxy) is 2. The van der Waals surface area contributed by atoms with Crippen molar-refractivity contribution in [1.29, 1.82) is 0 Å². The number of amides is 1. The van der Waals surface area contributed by atoms with Crippen LogP contribution in [-0.4, -0.2) is 48.6 Å². The number of aryl methyl sites for hydroxylation is 2. The van der Waals surface area contributed by atoms with Gasteiger partial charge in [0.1, 0.15) is 11.5 Å². The van der Waals surface area contributed by atoms with E-state index in [2.05, 4.69) is 20.8 Å². The summed E-state index contributed by atoms with van der Waals surface area (Å²) in [6.07, 6.45) is 0.884. The number of nitrogens with zero attached hydrogens (tertiary/aromatic N) is 1. The van der Waals surface area contributed by atoms with E-state index in [1.165, 1.54) is 4.90 Å². The summed E-state index contributed by atoms with van der Waals surface area (Å²) in [4.78, 5) is 27.4. The number of carbonyl (C=O) groups excluding carboxylic acids is 2. The molecule has 1 saturated heterocycles. The van der Waals surface area contributed by atoms with E-state index in [4.69, 9.17) is 9.47 Å². The summed E-state index contributed by atoms with van der Waals surface area (Å²) >= 11 is 0. The van der Waals surface area contributed by atoms with Gasteiger partial charge in [-0.25, -0.2) is 0 Å². The molecule has 0 unspecified atom stereocenters. The lowest BCUT2D eigenvalue weighted by molar-refractivity contribution is -0.140. The van der Waals surface area contributed by atoms with E-state index in [0.717, 1.165) is 28.9 Å². The van der Waals surface area contributed by atoms with E-state index in [0.29, 0.717) is 18.1 Å². The number of benzene rings is 2. The lowest BCUT2D eigenvalue weighted by Crippen LogP contribution is -2.32. The van der Waals surface area contributed by atoms with E-state index in [-0.39, 0.29) is 24.5 Å². The van der Waals surface area contributed by atoms with Crippen LogP contribution in [0.1, 0.15) is 49.1 Å². The molecule has 0 spiro atoms. The molecule has 1 aliphatic rings. The first-order valence-electron chi connectivity index (χ1n) is 11.4. The second-order valence-electron chi connectivity index (χ2n) is 8.77. The zero-order valence-electron chi connectivity index (χ0n) is 20.1. The number of aliphatic hydroxyl groups excluding tert-OH is 1. The van der Waals surface area contributed by atoms with Crippen molar-refractivity contribution in [3.05, 3.63) is 70.3 Å². The SMILES string of the molecule is CCc1ccc([C@@H]2C(=C(O)c3ccc(OCC(C)C)c(C)c3)C(=O)C(=O)N2CCOC)cc1. The smallest absolute Gasteiger partial charge is 0.295 e. The molecule has 1 aliphatic heterocycles. The molecular weight excluding hydrogens is 418 g/mol. The van der Waals surface area contributed by atoms with Gasteiger partial charge in [0.25, 0.3) is 11.7 Å². The fourth-order valence-corrected chi connectivity index (χ4v) is 3.95. The quantitative estimate of drug-likeness (QED) is 0.341. The Morgan fingerprint density at radius 2 is 1.82 bits per heavy atom. The highest BCUT2D eigenvalue weighted by atomic mass is 16.5. The molecule has 0 bridgehead atoms. The first-order valence-corrected chi connectivity index (χ1v) is 11.4. The van der Waals surface area contributed by atoms with Crippen LogP contribution in [0.4, 0.5) is 0 Å². The lowest BCUT2D eigenvalue weighted by Gasteiger charge is -2.25. The first kappa shape index (κ1) is 24.5. The number of aliphatic hydroxyl groups is 1. The van der Waals surface area contributed by atoms with Crippen molar-refractivity contribution >= 4 is 17.4 Å². The van der Waals surface area contributed by atoms with Crippen LogP contribution < -0.4 is 4.74 Å². The van der Waals surface area contributed by atoms with Gasteiger partial charge in [0.15, 0.2) is 0 Å². The van der Waals surface area contributed by atoms with Gasteiger partial charge in [-0.15, -0.1) is 0 Å². The second kappa shape index (κ2) is 10.7. The average Bonchev–Trinajstić information content (AvgIpc) is 3.06. The van der Waals surface area contributed by atoms with Gasteiger partial charge in [-0.2, -0.15) is 0 Å². The van der Waals surface area contributed by atoms with Crippen LogP contribution >= 0.6 is 0 Å². The van der Waals surface area contributed by atoms with Crippen LogP contribution in [0.15, 0.2) is 48.0 Å². The maximum Gasteiger partial charge on any atom is 0.295 e. The van der Waals surface area contributed by atoms with Gasteiger partial charge in [-0.05, 0) is 54.2 Å². The highest BCUT2D eigenvalue weighted by molar-refractivity contribution is 6.46. The summed E-state index contributed by atoms with van der Waals surface area (Å²) < 4.78 is 11.0. The third-order valence-electron chi connectivity index (χ3n) is 5.80. The van der Waals surface area contributed by atoms with Gasteiger partial charge in [0.05, 0.1) is 24.8 Å². The maximum atomic E-state index is 13.1.